The highest BCUT2D eigenvalue weighted by atomic mass is 32.2. The quantitative estimate of drug-likeness (QED) is 0.830. The molecule has 1 aromatic rings. The molecule has 2 rings (SSSR count). The molecule has 122 valence electrons. The van der Waals surface area contributed by atoms with Gasteiger partial charge in [-0.05, 0) is 24.6 Å². The van der Waals surface area contributed by atoms with Gasteiger partial charge >= 0.3 is 0 Å². The summed E-state index contributed by atoms with van der Waals surface area (Å²) in [6, 6.07) is 6.56. The third-order valence-corrected chi connectivity index (χ3v) is 4.70. The van der Waals surface area contributed by atoms with E-state index in [0.29, 0.717) is 26.2 Å². The average molecular weight is 328 g/mol. The number of sulfone groups is 1. The monoisotopic (exact) mass is 328 g/mol. The highest BCUT2D eigenvalue weighted by molar-refractivity contribution is 7.91. The Balaban J connectivity index is 1.93. The molecule has 0 spiro atoms. The van der Waals surface area contributed by atoms with Gasteiger partial charge in [0.15, 0.2) is 9.84 Å². The van der Waals surface area contributed by atoms with Crippen molar-refractivity contribution in [3.8, 4) is 0 Å². The summed E-state index contributed by atoms with van der Waals surface area (Å²) >= 11 is 0. The van der Waals surface area contributed by atoms with Crippen LogP contribution in [0.15, 0.2) is 24.3 Å². The molecule has 0 N–H and O–H groups in total. The number of benzene rings is 1. The van der Waals surface area contributed by atoms with Gasteiger partial charge in [-0.25, -0.2) is 12.8 Å². The molecule has 1 heterocycles. The summed E-state index contributed by atoms with van der Waals surface area (Å²) in [5, 5.41) is 0. The first kappa shape index (κ1) is 16.9. The van der Waals surface area contributed by atoms with Crippen LogP contribution in [0.1, 0.15) is 18.5 Å². The van der Waals surface area contributed by atoms with Gasteiger partial charge in [-0.1, -0.05) is 12.1 Å². The summed E-state index contributed by atoms with van der Waals surface area (Å²) in [4.78, 5) is 15.6. The van der Waals surface area contributed by atoms with Crippen LogP contribution in [0.4, 0.5) is 4.39 Å². The van der Waals surface area contributed by atoms with Crippen molar-refractivity contribution in [3.05, 3.63) is 35.6 Å². The van der Waals surface area contributed by atoms with E-state index in [1.54, 1.807) is 11.0 Å². The van der Waals surface area contributed by atoms with E-state index in [1.165, 1.54) is 12.1 Å². The van der Waals surface area contributed by atoms with Crippen molar-refractivity contribution in [3.63, 3.8) is 0 Å². The van der Waals surface area contributed by atoms with Gasteiger partial charge in [0.25, 0.3) is 0 Å². The molecule has 1 fully saturated rings. The summed E-state index contributed by atoms with van der Waals surface area (Å²) in [6.07, 6.45) is 1.06. The Hall–Kier alpha value is -1.47. The molecular weight excluding hydrogens is 307 g/mol. The van der Waals surface area contributed by atoms with E-state index in [2.05, 4.69) is 4.90 Å². The van der Waals surface area contributed by atoms with Crippen LogP contribution in [-0.4, -0.2) is 62.3 Å². The minimum absolute atomic E-state index is 0.0582. The lowest BCUT2D eigenvalue weighted by molar-refractivity contribution is -0.130. The lowest BCUT2D eigenvalue weighted by Gasteiger charge is -2.38. The van der Waals surface area contributed by atoms with Crippen molar-refractivity contribution < 1.29 is 17.6 Å². The second kappa shape index (κ2) is 6.75. The van der Waals surface area contributed by atoms with E-state index in [4.69, 9.17) is 0 Å². The molecule has 7 heteroatoms. The van der Waals surface area contributed by atoms with Crippen LogP contribution in [0.2, 0.25) is 0 Å². The van der Waals surface area contributed by atoms with Crippen LogP contribution in [0, 0.1) is 5.82 Å². The molecule has 1 amide bonds. The first-order valence-electron chi connectivity index (χ1n) is 7.21. The van der Waals surface area contributed by atoms with Gasteiger partial charge in [-0.3, -0.25) is 9.69 Å². The number of hydrogen-bond donors (Lipinski definition) is 0. The second-order valence-corrected chi connectivity index (χ2v) is 7.86. The number of nitrogens with zero attached hydrogens (tertiary/aromatic N) is 2. The standard InChI is InChI=1S/C15H21FN2O3S/c1-12(13-4-3-5-14(16)10-13)17-6-8-18(9-7-17)15(19)11-22(2,20)21/h3-5,10,12H,6-9,11H2,1-2H3. The third-order valence-electron chi connectivity index (χ3n) is 3.93. The van der Waals surface area contributed by atoms with E-state index in [0.717, 1.165) is 11.8 Å². The predicted molar refractivity (Wildman–Crippen MR) is 82.7 cm³/mol. The highest BCUT2D eigenvalue weighted by Crippen LogP contribution is 2.22. The molecule has 0 radical (unpaired) electrons. The van der Waals surface area contributed by atoms with Crippen LogP contribution in [-0.2, 0) is 14.6 Å². The number of carbonyl (C=O) groups excluding carboxylic acids is 1. The Morgan fingerprint density at radius 1 is 1.27 bits per heavy atom. The summed E-state index contributed by atoms with van der Waals surface area (Å²) in [6.45, 7) is 4.28. The lowest BCUT2D eigenvalue weighted by Crippen LogP contribution is -2.50. The average Bonchev–Trinajstić information content (AvgIpc) is 2.45. The van der Waals surface area contributed by atoms with Crippen molar-refractivity contribution >= 4 is 15.7 Å². The van der Waals surface area contributed by atoms with Gasteiger partial charge in [-0.15, -0.1) is 0 Å². The molecule has 0 bridgehead atoms. The normalized spacial score (nSPS) is 18.2. The fourth-order valence-corrected chi connectivity index (χ4v) is 3.28. The number of amides is 1. The molecule has 5 nitrogen and oxygen atoms in total. The van der Waals surface area contributed by atoms with Crippen molar-refractivity contribution in [1.29, 1.82) is 0 Å². The van der Waals surface area contributed by atoms with Gasteiger partial charge in [0.05, 0.1) is 0 Å². The van der Waals surface area contributed by atoms with Gasteiger partial charge in [0.1, 0.15) is 11.6 Å². The maximum atomic E-state index is 13.3. The van der Waals surface area contributed by atoms with Crippen molar-refractivity contribution in [2.75, 3.05) is 38.2 Å². The molecule has 1 atom stereocenters. The first-order valence-corrected chi connectivity index (χ1v) is 9.27. The van der Waals surface area contributed by atoms with E-state index in [9.17, 15) is 17.6 Å². The van der Waals surface area contributed by atoms with Gasteiger partial charge in [0, 0.05) is 38.5 Å². The zero-order chi connectivity index (χ0) is 16.3. The molecule has 0 saturated carbocycles. The van der Waals surface area contributed by atoms with Gasteiger partial charge in [0.2, 0.25) is 5.91 Å². The fourth-order valence-electron chi connectivity index (χ4n) is 2.65. The van der Waals surface area contributed by atoms with Crippen LogP contribution < -0.4 is 0 Å². The summed E-state index contributed by atoms with van der Waals surface area (Å²) in [5.41, 5.74) is 0.899. The zero-order valence-electron chi connectivity index (χ0n) is 12.8. The molecular formula is C15H21FN2O3S. The fraction of sp³-hybridized carbons (Fsp3) is 0.533. The zero-order valence-corrected chi connectivity index (χ0v) is 13.6. The first-order chi connectivity index (χ1) is 10.3. The number of halogens is 1. The Labute approximate surface area is 130 Å². The largest absolute Gasteiger partial charge is 0.339 e. The number of hydrogen-bond acceptors (Lipinski definition) is 4. The molecule has 1 saturated heterocycles. The number of carbonyl (C=O) groups is 1. The summed E-state index contributed by atoms with van der Waals surface area (Å²) in [7, 11) is -3.30. The van der Waals surface area contributed by atoms with E-state index in [-0.39, 0.29) is 17.8 Å². The van der Waals surface area contributed by atoms with Gasteiger partial charge in [-0.2, -0.15) is 0 Å². The summed E-state index contributed by atoms with van der Waals surface area (Å²) < 4.78 is 35.7. The van der Waals surface area contributed by atoms with E-state index >= 15 is 0 Å². The van der Waals surface area contributed by atoms with Crippen LogP contribution >= 0.6 is 0 Å². The smallest absolute Gasteiger partial charge is 0.237 e. The molecule has 22 heavy (non-hydrogen) atoms. The van der Waals surface area contributed by atoms with Crippen molar-refractivity contribution in [1.82, 2.24) is 9.80 Å². The van der Waals surface area contributed by atoms with Crippen LogP contribution in [0.25, 0.3) is 0 Å². The number of rotatable bonds is 4. The highest BCUT2D eigenvalue weighted by Gasteiger charge is 2.26. The molecule has 0 aromatic heterocycles. The van der Waals surface area contributed by atoms with Crippen molar-refractivity contribution in [2.45, 2.75) is 13.0 Å². The minimum Gasteiger partial charge on any atom is -0.339 e. The molecule has 0 aliphatic carbocycles. The lowest BCUT2D eigenvalue weighted by atomic mass is 10.1. The topological polar surface area (TPSA) is 57.7 Å². The predicted octanol–water partition coefficient (Wildman–Crippen LogP) is 1.08. The van der Waals surface area contributed by atoms with E-state index < -0.39 is 15.6 Å². The Kier molecular flexibility index (Phi) is 5.18. The number of piperazine rings is 1. The summed E-state index contributed by atoms with van der Waals surface area (Å²) in [5.74, 6) is -1.04. The van der Waals surface area contributed by atoms with Crippen LogP contribution in [0.3, 0.4) is 0 Å². The Morgan fingerprint density at radius 3 is 2.45 bits per heavy atom. The minimum atomic E-state index is -3.30. The van der Waals surface area contributed by atoms with Crippen molar-refractivity contribution in [2.24, 2.45) is 0 Å². The Morgan fingerprint density at radius 2 is 1.91 bits per heavy atom. The maximum absolute atomic E-state index is 13.3. The molecule has 1 aliphatic heterocycles. The SMILES string of the molecule is CC(c1cccc(F)c1)N1CCN(C(=O)CS(C)(=O)=O)CC1. The Bertz CT molecular complexity index is 640. The maximum Gasteiger partial charge on any atom is 0.237 e. The molecule has 1 aromatic carbocycles. The molecule has 1 unspecified atom stereocenters. The van der Waals surface area contributed by atoms with E-state index in [1.807, 2.05) is 13.0 Å². The molecule has 1 aliphatic rings. The van der Waals surface area contributed by atoms with Gasteiger partial charge < -0.3 is 4.90 Å². The third kappa shape index (κ3) is 4.51. The van der Waals surface area contributed by atoms with Crippen LogP contribution in [0.5, 0.6) is 0 Å². The second-order valence-electron chi connectivity index (χ2n) is 5.72.